The van der Waals surface area contributed by atoms with Crippen molar-refractivity contribution in [2.45, 2.75) is 0 Å². The fourth-order valence-corrected chi connectivity index (χ4v) is 3.30. The highest BCUT2D eigenvalue weighted by atomic mass is 19.1. The molecule has 2 aromatic carbocycles. The lowest BCUT2D eigenvalue weighted by molar-refractivity contribution is 0.0532. The molecule has 7 nitrogen and oxygen atoms in total. The van der Waals surface area contributed by atoms with Crippen molar-refractivity contribution in [2.75, 3.05) is 47.5 Å². The van der Waals surface area contributed by atoms with E-state index in [4.69, 9.17) is 14.2 Å². The van der Waals surface area contributed by atoms with Crippen LogP contribution in [0, 0.1) is 5.82 Å². The van der Waals surface area contributed by atoms with Crippen LogP contribution in [0.25, 0.3) is 0 Å². The van der Waals surface area contributed by atoms with Gasteiger partial charge in [-0.1, -0.05) is 12.1 Å². The number of amides is 2. The van der Waals surface area contributed by atoms with Gasteiger partial charge < -0.3 is 24.0 Å². The number of hydrogen-bond donors (Lipinski definition) is 0. The molecule has 0 aromatic heterocycles. The number of hydrogen-bond acceptors (Lipinski definition) is 5. The first-order valence-electron chi connectivity index (χ1n) is 9.13. The molecule has 2 amide bonds. The normalized spacial score (nSPS) is 13.8. The number of benzene rings is 2. The molecule has 0 saturated carbocycles. The second-order valence-electron chi connectivity index (χ2n) is 6.48. The van der Waals surface area contributed by atoms with Crippen LogP contribution in [0.1, 0.15) is 20.7 Å². The van der Waals surface area contributed by atoms with Crippen LogP contribution < -0.4 is 14.2 Å². The van der Waals surface area contributed by atoms with E-state index in [-0.39, 0.29) is 17.4 Å². The van der Waals surface area contributed by atoms with Gasteiger partial charge in [-0.3, -0.25) is 9.59 Å². The van der Waals surface area contributed by atoms with E-state index in [2.05, 4.69) is 0 Å². The van der Waals surface area contributed by atoms with Crippen molar-refractivity contribution < 1.29 is 28.2 Å². The van der Waals surface area contributed by atoms with Crippen LogP contribution in [0.5, 0.6) is 17.2 Å². The van der Waals surface area contributed by atoms with Gasteiger partial charge in [-0.05, 0) is 24.3 Å². The zero-order chi connectivity index (χ0) is 21.0. The lowest BCUT2D eigenvalue weighted by Gasteiger charge is -2.35. The largest absolute Gasteiger partial charge is 0.493 e. The molecule has 1 aliphatic heterocycles. The molecule has 2 aromatic rings. The van der Waals surface area contributed by atoms with Crippen LogP contribution >= 0.6 is 0 Å². The van der Waals surface area contributed by atoms with Gasteiger partial charge in [0, 0.05) is 31.7 Å². The summed E-state index contributed by atoms with van der Waals surface area (Å²) < 4.78 is 29.8. The molecule has 1 saturated heterocycles. The summed E-state index contributed by atoms with van der Waals surface area (Å²) in [5, 5.41) is 0. The number of carbonyl (C=O) groups is 2. The maximum Gasteiger partial charge on any atom is 0.256 e. The van der Waals surface area contributed by atoms with Crippen LogP contribution in [-0.4, -0.2) is 69.1 Å². The molecule has 8 heteroatoms. The molecule has 0 radical (unpaired) electrons. The third kappa shape index (κ3) is 4.11. The van der Waals surface area contributed by atoms with E-state index in [1.54, 1.807) is 34.1 Å². The van der Waals surface area contributed by atoms with Crippen LogP contribution in [-0.2, 0) is 0 Å². The molecule has 0 unspecified atom stereocenters. The summed E-state index contributed by atoms with van der Waals surface area (Å²) in [4.78, 5) is 28.7. The second-order valence-corrected chi connectivity index (χ2v) is 6.48. The van der Waals surface area contributed by atoms with Gasteiger partial charge in [0.25, 0.3) is 11.8 Å². The van der Waals surface area contributed by atoms with Gasteiger partial charge in [-0.15, -0.1) is 0 Å². The van der Waals surface area contributed by atoms with Crippen LogP contribution in [0.4, 0.5) is 4.39 Å². The Kier molecular flexibility index (Phi) is 6.21. The fraction of sp³-hybridized carbons (Fsp3) is 0.333. The molecule has 0 aliphatic carbocycles. The average Bonchev–Trinajstić information content (AvgIpc) is 2.77. The van der Waals surface area contributed by atoms with E-state index >= 15 is 0 Å². The first kappa shape index (κ1) is 20.4. The highest BCUT2D eigenvalue weighted by Gasteiger charge is 2.28. The van der Waals surface area contributed by atoms with Gasteiger partial charge in [-0.2, -0.15) is 0 Å². The van der Waals surface area contributed by atoms with Gasteiger partial charge in [-0.25, -0.2) is 4.39 Å². The number of halogens is 1. The standard InChI is InChI=1S/C21H23FN2O5/c1-27-17-12-14(13-18(28-2)19(17)29-3)20(25)23-8-10-24(11-9-23)21(26)15-6-4-5-7-16(15)22/h4-7,12-13H,8-11H2,1-3H3. The Bertz CT molecular complexity index is 885. The predicted molar refractivity (Wildman–Crippen MR) is 104 cm³/mol. The van der Waals surface area contributed by atoms with E-state index in [1.165, 1.54) is 33.5 Å². The molecule has 0 spiro atoms. The number of ether oxygens (including phenoxy) is 3. The van der Waals surface area contributed by atoms with Crippen molar-refractivity contribution in [1.29, 1.82) is 0 Å². The first-order valence-corrected chi connectivity index (χ1v) is 9.13. The fourth-order valence-electron chi connectivity index (χ4n) is 3.30. The van der Waals surface area contributed by atoms with Crippen LogP contribution in [0.2, 0.25) is 0 Å². The molecular formula is C21H23FN2O5. The Balaban J connectivity index is 1.72. The smallest absolute Gasteiger partial charge is 0.256 e. The monoisotopic (exact) mass is 402 g/mol. The van der Waals surface area contributed by atoms with Gasteiger partial charge in [0.15, 0.2) is 11.5 Å². The topological polar surface area (TPSA) is 68.3 Å². The number of rotatable bonds is 5. The predicted octanol–water partition coefficient (Wildman–Crippen LogP) is 2.45. The number of piperazine rings is 1. The van der Waals surface area contributed by atoms with E-state index in [0.29, 0.717) is 49.0 Å². The Labute approximate surface area is 168 Å². The van der Waals surface area contributed by atoms with Crippen molar-refractivity contribution in [3.8, 4) is 17.2 Å². The highest BCUT2D eigenvalue weighted by molar-refractivity contribution is 5.97. The van der Waals surface area contributed by atoms with E-state index < -0.39 is 5.82 Å². The van der Waals surface area contributed by atoms with Crippen LogP contribution in [0.15, 0.2) is 36.4 Å². The molecule has 0 atom stereocenters. The maximum absolute atomic E-state index is 13.9. The second kappa shape index (κ2) is 8.81. The minimum absolute atomic E-state index is 0.0388. The molecule has 154 valence electrons. The lowest BCUT2D eigenvalue weighted by atomic mass is 10.1. The highest BCUT2D eigenvalue weighted by Crippen LogP contribution is 2.38. The van der Waals surface area contributed by atoms with Gasteiger partial charge >= 0.3 is 0 Å². The molecule has 3 rings (SSSR count). The summed E-state index contributed by atoms with van der Waals surface area (Å²) in [6, 6.07) is 9.09. The third-order valence-electron chi connectivity index (χ3n) is 4.87. The van der Waals surface area contributed by atoms with Crippen molar-refractivity contribution in [3.63, 3.8) is 0 Å². The molecule has 1 heterocycles. The molecular weight excluding hydrogens is 379 g/mol. The molecule has 1 fully saturated rings. The number of methoxy groups -OCH3 is 3. The molecule has 0 bridgehead atoms. The zero-order valence-corrected chi connectivity index (χ0v) is 16.6. The summed E-state index contributed by atoms with van der Waals surface area (Å²) in [6.07, 6.45) is 0. The SMILES string of the molecule is COc1cc(C(=O)N2CCN(C(=O)c3ccccc3F)CC2)cc(OC)c1OC. The summed E-state index contributed by atoms with van der Waals surface area (Å²) >= 11 is 0. The first-order chi connectivity index (χ1) is 14.0. The van der Waals surface area contributed by atoms with Crippen molar-refractivity contribution in [3.05, 3.63) is 53.3 Å². The van der Waals surface area contributed by atoms with Gasteiger partial charge in [0.1, 0.15) is 5.82 Å². The van der Waals surface area contributed by atoms with E-state index in [9.17, 15) is 14.0 Å². The van der Waals surface area contributed by atoms with E-state index in [1.807, 2.05) is 0 Å². The van der Waals surface area contributed by atoms with Crippen molar-refractivity contribution >= 4 is 11.8 Å². The quantitative estimate of drug-likeness (QED) is 0.769. The average molecular weight is 402 g/mol. The summed E-state index contributed by atoms with van der Waals surface area (Å²) in [7, 11) is 4.46. The number of carbonyl (C=O) groups excluding carboxylic acids is 2. The Morgan fingerprint density at radius 2 is 1.34 bits per heavy atom. The van der Waals surface area contributed by atoms with Crippen molar-refractivity contribution in [1.82, 2.24) is 9.80 Å². The third-order valence-corrected chi connectivity index (χ3v) is 4.87. The van der Waals surface area contributed by atoms with Crippen molar-refractivity contribution in [2.24, 2.45) is 0 Å². The minimum Gasteiger partial charge on any atom is -0.493 e. The molecule has 1 aliphatic rings. The lowest BCUT2D eigenvalue weighted by Crippen LogP contribution is -2.50. The summed E-state index contributed by atoms with van der Waals surface area (Å²) in [5.41, 5.74) is 0.435. The van der Waals surface area contributed by atoms with Gasteiger partial charge in [0.2, 0.25) is 5.75 Å². The Morgan fingerprint density at radius 3 is 1.83 bits per heavy atom. The van der Waals surface area contributed by atoms with Crippen LogP contribution in [0.3, 0.4) is 0 Å². The zero-order valence-electron chi connectivity index (χ0n) is 16.6. The molecule has 29 heavy (non-hydrogen) atoms. The van der Waals surface area contributed by atoms with Gasteiger partial charge in [0.05, 0.1) is 26.9 Å². The summed E-state index contributed by atoms with van der Waals surface area (Å²) in [6.45, 7) is 1.33. The Hall–Kier alpha value is -3.29. The summed E-state index contributed by atoms with van der Waals surface area (Å²) in [5.74, 6) is 0.0673. The van der Waals surface area contributed by atoms with E-state index in [0.717, 1.165) is 0 Å². The minimum atomic E-state index is -0.548. The Morgan fingerprint density at radius 1 is 0.828 bits per heavy atom. The number of nitrogens with zero attached hydrogens (tertiary/aromatic N) is 2. The molecule has 0 N–H and O–H groups in total. The maximum atomic E-state index is 13.9.